The van der Waals surface area contributed by atoms with Crippen LogP contribution in [-0.2, 0) is 20.9 Å². The van der Waals surface area contributed by atoms with Crippen LogP contribution in [0.1, 0.15) is 44.1 Å². The highest BCUT2D eigenvalue weighted by Gasteiger charge is 2.24. The molecule has 0 aliphatic carbocycles. The maximum Gasteiger partial charge on any atom is 0.223 e. The number of amides is 2. The summed E-state index contributed by atoms with van der Waals surface area (Å²) in [5.41, 5.74) is 1.10. The maximum absolute atomic E-state index is 12.7. The highest BCUT2D eigenvalue weighted by Crippen LogP contribution is 2.19. The lowest BCUT2D eigenvalue weighted by molar-refractivity contribution is -0.126. The van der Waals surface area contributed by atoms with E-state index in [0.717, 1.165) is 57.6 Å². The van der Waals surface area contributed by atoms with Gasteiger partial charge in [0.1, 0.15) is 0 Å². The van der Waals surface area contributed by atoms with Crippen molar-refractivity contribution in [1.82, 2.24) is 15.5 Å². The lowest BCUT2D eigenvalue weighted by atomic mass is 9.97. The van der Waals surface area contributed by atoms with Crippen LogP contribution in [0, 0.1) is 5.92 Å². The lowest BCUT2D eigenvalue weighted by Crippen LogP contribution is -2.42. The van der Waals surface area contributed by atoms with Gasteiger partial charge in [-0.3, -0.25) is 14.5 Å². The normalized spacial score (nSPS) is 23.4. The molecule has 1 unspecified atom stereocenters. The number of carbonyl (C=O) groups is 2. The average molecular weight is 388 g/mol. The summed E-state index contributed by atoms with van der Waals surface area (Å²) in [7, 11) is 0. The van der Waals surface area contributed by atoms with Crippen LogP contribution in [0.4, 0.5) is 0 Å². The summed E-state index contributed by atoms with van der Waals surface area (Å²) in [6, 6.07) is 10.5. The molecule has 1 aromatic rings. The standard InChI is InChI=1S/C22H33N3O3/c26-21-9-14-25(20-10-15-28-16-11-20)13-4-7-19(8-12-23-21)22(27)24-17-18-5-2-1-3-6-18/h1-3,5-6,19-20H,4,7-17H2,(H,23,26)(H,24,27). The van der Waals surface area contributed by atoms with Gasteiger partial charge in [-0.15, -0.1) is 0 Å². The van der Waals surface area contributed by atoms with E-state index in [1.54, 1.807) is 0 Å². The molecule has 0 bridgehead atoms. The topological polar surface area (TPSA) is 70.7 Å². The summed E-state index contributed by atoms with van der Waals surface area (Å²) < 4.78 is 5.49. The Kier molecular flexibility index (Phi) is 8.30. The first-order chi connectivity index (χ1) is 13.7. The fraction of sp³-hybridized carbons (Fsp3) is 0.636. The van der Waals surface area contributed by atoms with E-state index in [2.05, 4.69) is 15.5 Å². The number of carbonyl (C=O) groups excluding carboxylic acids is 2. The van der Waals surface area contributed by atoms with Crippen LogP contribution in [0.15, 0.2) is 30.3 Å². The van der Waals surface area contributed by atoms with Gasteiger partial charge in [-0.05, 0) is 44.2 Å². The van der Waals surface area contributed by atoms with Crippen LogP contribution >= 0.6 is 0 Å². The van der Waals surface area contributed by atoms with Crippen LogP contribution < -0.4 is 10.6 Å². The second-order valence-electron chi connectivity index (χ2n) is 7.81. The molecule has 0 radical (unpaired) electrons. The number of benzene rings is 1. The van der Waals surface area contributed by atoms with Crippen LogP contribution in [0.3, 0.4) is 0 Å². The van der Waals surface area contributed by atoms with Crippen molar-refractivity contribution < 1.29 is 14.3 Å². The van der Waals surface area contributed by atoms with Gasteiger partial charge in [-0.2, -0.15) is 0 Å². The molecule has 0 aromatic heterocycles. The van der Waals surface area contributed by atoms with E-state index in [1.165, 1.54) is 0 Å². The number of rotatable bonds is 4. The second kappa shape index (κ2) is 11.2. The minimum Gasteiger partial charge on any atom is -0.381 e. The number of hydrogen-bond donors (Lipinski definition) is 2. The maximum atomic E-state index is 12.7. The van der Waals surface area contributed by atoms with Crippen molar-refractivity contribution in [1.29, 1.82) is 0 Å². The fourth-order valence-corrected chi connectivity index (χ4v) is 4.12. The molecule has 2 saturated heterocycles. The molecule has 2 aliphatic rings. The van der Waals surface area contributed by atoms with Crippen molar-refractivity contribution in [2.75, 3.05) is 32.8 Å². The highest BCUT2D eigenvalue weighted by molar-refractivity contribution is 5.79. The number of ether oxygens (including phenoxy) is 1. The van der Waals surface area contributed by atoms with Gasteiger partial charge in [-0.25, -0.2) is 0 Å². The van der Waals surface area contributed by atoms with Crippen molar-refractivity contribution in [3.05, 3.63) is 35.9 Å². The van der Waals surface area contributed by atoms with E-state index >= 15 is 0 Å². The Morgan fingerprint density at radius 3 is 2.68 bits per heavy atom. The Morgan fingerprint density at radius 2 is 1.89 bits per heavy atom. The van der Waals surface area contributed by atoms with Crippen molar-refractivity contribution >= 4 is 11.8 Å². The Labute approximate surface area is 168 Å². The predicted molar refractivity (Wildman–Crippen MR) is 109 cm³/mol. The van der Waals surface area contributed by atoms with Crippen molar-refractivity contribution in [3.63, 3.8) is 0 Å². The third-order valence-corrected chi connectivity index (χ3v) is 5.83. The molecule has 2 amide bonds. The van der Waals surface area contributed by atoms with E-state index < -0.39 is 0 Å². The molecule has 2 fully saturated rings. The molecule has 28 heavy (non-hydrogen) atoms. The first kappa shape index (κ1) is 20.8. The van der Waals surface area contributed by atoms with Crippen LogP contribution in [-0.4, -0.2) is 55.6 Å². The van der Waals surface area contributed by atoms with Crippen LogP contribution in [0.25, 0.3) is 0 Å². The van der Waals surface area contributed by atoms with E-state index in [1.807, 2.05) is 30.3 Å². The minimum absolute atomic E-state index is 0.0568. The summed E-state index contributed by atoms with van der Waals surface area (Å²) >= 11 is 0. The molecule has 6 nitrogen and oxygen atoms in total. The van der Waals surface area contributed by atoms with E-state index in [-0.39, 0.29) is 17.7 Å². The Balaban J connectivity index is 1.55. The first-order valence-electron chi connectivity index (χ1n) is 10.6. The molecular weight excluding hydrogens is 354 g/mol. The molecule has 1 atom stereocenters. The Morgan fingerprint density at radius 1 is 1.11 bits per heavy atom. The molecule has 2 aliphatic heterocycles. The molecular formula is C22H33N3O3. The van der Waals surface area contributed by atoms with E-state index in [9.17, 15) is 9.59 Å². The smallest absolute Gasteiger partial charge is 0.223 e. The average Bonchev–Trinajstić information content (AvgIpc) is 2.78. The first-order valence-corrected chi connectivity index (χ1v) is 10.6. The molecule has 0 spiro atoms. The summed E-state index contributed by atoms with van der Waals surface area (Å²) in [5, 5.41) is 6.06. The van der Waals surface area contributed by atoms with Crippen molar-refractivity contribution in [3.8, 4) is 0 Å². The monoisotopic (exact) mass is 387 g/mol. The Hall–Kier alpha value is -1.92. The molecule has 0 saturated carbocycles. The fourth-order valence-electron chi connectivity index (χ4n) is 4.12. The van der Waals surface area contributed by atoms with Gasteiger partial charge in [-0.1, -0.05) is 30.3 Å². The zero-order chi connectivity index (χ0) is 19.6. The van der Waals surface area contributed by atoms with Gasteiger partial charge in [0, 0.05) is 51.2 Å². The second-order valence-corrected chi connectivity index (χ2v) is 7.81. The molecule has 2 heterocycles. The third kappa shape index (κ3) is 6.60. The molecule has 1 aromatic carbocycles. The zero-order valence-electron chi connectivity index (χ0n) is 16.7. The molecule has 3 rings (SSSR count). The van der Waals surface area contributed by atoms with E-state index in [0.29, 0.717) is 32.0 Å². The van der Waals surface area contributed by atoms with Gasteiger partial charge in [0.15, 0.2) is 0 Å². The predicted octanol–water partition coefficient (Wildman–Crippen LogP) is 2.09. The molecule has 2 N–H and O–H groups in total. The van der Waals surface area contributed by atoms with Gasteiger partial charge in [0.05, 0.1) is 0 Å². The number of hydrogen-bond acceptors (Lipinski definition) is 4. The largest absolute Gasteiger partial charge is 0.381 e. The summed E-state index contributed by atoms with van der Waals surface area (Å²) in [6.07, 6.45) is 5.13. The van der Waals surface area contributed by atoms with Crippen LogP contribution in [0.2, 0.25) is 0 Å². The zero-order valence-corrected chi connectivity index (χ0v) is 16.7. The highest BCUT2D eigenvalue weighted by atomic mass is 16.5. The quantitative estimate of drug-likeness (QED) is 0.830. The van der Waals surface area contributed by atoms with Gasteiger partial charge in [0.25, 0.3) is 0 Å². The van der Waals surface area contributed by atoms with Gasteiger partial charge < -0.3 is 15.4 Å². The summed E-state index contributed by atoms with van der Waals surface area (Å²) in [5.74, 6) is 0.121. The summed E-state index contributed by atoms with van der Waals surface area (Å²) in [4.78, 5) is 27.3. The van der Waals surface area contributed by atoms with Crippen molar-refractivity contribution in [2.24, 2.45) is 5.92 Å². The van der Waals surface area contributed by atoms with Crippen molar-refractivity contribution in [2.45, 2.75) is 51.1 Å². The van der Waals surface area contributed by atoms with Gasteiger partial charge >= 0.3 is 0 Å². The van der Waals surface area contributed by atoms with E-state index in [4.69, 9.17) is 4.74 Å². The van der Waals surface area contributed by atoms with Gasteiger partial charge in [0.2, 0.25) is 11.8 Å². The number of nitrogens with zero attached hydrogens (tertiary/aromatic N) is 1. The minimum atomic E-state index is -0.0568. The lowest BCUT2D eigenvalue weighted by Gasteiger charge is -2.34. The molecule has 154 valence electrons. The summed E-state index contributed by atoms with van der Waals surface area (Å²) in [6.45, 7) is 4.47. The SMILES string of the molecule is O=C1CCN(C2CCOCC2)CCCC(C(=O)NCc2ccccc2)CCN1. The van der Waals surface area contributed by atoms with Crippen LogP contribution in [0.5, 0.6) is 0 Å². The third-order valence-electron chi connectivity index (χ3n) is 5.83. The molecule has 6 heteroatoms. The Bertz CT molecular complexity index is 617. The number of nitrogens with one attached hydrogen (secondary N) is 2.